The van der Waals surface area contributed by atoms with Crippen LogP contribution in [0.3, 0.4) is 0 Å². The van der Waals surface area contributed by atoms with Gasteiger partial charge < -0.3 is 14.6 Å². The van der Waals surface area contributed by atoms with Crippen molar-refractivity contribution in [1.82, 2.24) is 15.3 Å². The standard InChI is InChI=1S/C23H27ClN4O2/c1-14-15(2)30-23-20(14)21(26-16(3)27-23)28-12-6-8-18(13-28)22(29)25-11-10-17-7-4-5-9-19(17)24/h4-5,7,9,18H,6,8,10-13H2,1-3H3,(H,25,29)/t18-/m0/s1. The van der Waals surface area contributed by atoms with E-state index >= 15 is 0 Å². The Morgan fingerprint density at radius 2 is 2.07 bits per heavy atom. The molecule has 1 atom stereocenters. The highest BCUT2D eigenvalue weighted by Crippen LogP contribution is 2.33. The number of carbonyl (C=O) groups excluding carboxylic acids is 1. The van der Waals surface area contributed by atoms with Crippen molar-refractivity contribution in [3.8, 4) is 0 Å². The number of nitrogens with zero attached hydrogens (tertiary/aromatic N) is 3. The Morgan fingerprint density at radius 3 is 2.87 bits per heavy atom. The van der Waals surface area contributed by atoms with E-state index in [4.69, 9.17) is 21.0 Å². The van der Waals surface area contributed by atoms with E-state index in [1.54, 1.807) is 0 Å². The van der Waals surface area contributed by atoms with E-state index in [0.717, 1.165) is 58.9 Å². The molecule has 0 unspecified atom stereocenters. The zero-order valence-electron chi connectivity index (χ0n) is 17.7. The molecule has 1 aliphatic heterocycles. The molecule has 7 heteroatoms. The van der Waals surface area contributed by atoms with Gasteiger partial charge in [-0.05, 0) is 51.7 Å². The first-order valence-electron chi connectivity index (χ1n) is 10.4. The zero-order chi connectivity index (χ0) is 21.3. The van der Waals surface area contributed by atoms with Crippen LogP contribution in [-0.4, -0.2) is 35.5 Å². The van der Waals surface area contributed by atoms with Gasteiger partial charge in [0, 0.05) is 30.2 Å². The molecule has 30 heavy (non-hydrogen) atoms. The highest BCUT2D eigenvalue weighted by atomic mass is 35.5. The van der Waals surface area contributed by atoms with Crippen LogP contribution in [0.5, 0.6) is 0 Å². The van der Waals surface area contributed by atoms with Crippen molar-refractivity contribution < 1.29 is 9.21 Å². The molecule has 6 nitrogen and oxygen atoms in total. The third-order valence-electron chi connectivity index (χ3n) is 5.86. The van der Waals surface area contributed by atoms with Gasteiger partial charge in [0.1, 0.15) is 17.4 Å². The Balaban J connectivity index is 1.45. The fraction of sp³-hybridized carbons (Fsp3) is 0.435. The lowest BCUT2D eigenvalue weighted by Crippen LogP contribution is -2.44. The summed E-state index contributed by atoms with van der Waals surface area (Å²) in [4.78, 5) is 24.2. The molecule has 2 aromatic heterocycles. The highest BCUT2D eigenvalue weighted by molar-refractivity contribution is 6.31. The van der Waals surface area contributed by atoms with Crippen molar-refractivity contribution in [2.24, 2.45) is 5.92 Å². The van der Waals surface area contributed by atoms with Crippen LogP contribution in [0, 0.1) is 26.7 Å². The number of nitrogens with one attached hydrogen (secondary N) is 1. The number of benzene rings is 1. The van der Waals surface area contributed by atoms with E-state index in [1.165, 1.54) is 0 Å². The van der Waals surface area contributed by atoms with Gasteiger partial charge in [-0.3, -0.25) is 4.79 Å². The number of piperidine rings is 1. The quantitative estimate of drug-likeness (QED) is 0.655. The van der Waals surface area contributed by atoms with Gasteiger partial charge in [0.2, 0.25) is 11.6 Å². The van der Waals surface area contributed by atoms with Gasteiger partial charge in [0.15, 0.2) is 0 Å². The average Bonchev–Trinajstić information content (AvgIpc) is 3.02. The van der Waals surface area contributed by atoms with Crippen LogP contribution in [0.15, 0.2) is 28.7 Å². The number of hydrogen-bond donors (Lipinski definition) is 1. The van der Waals surface area contributed by atoms with E-state index in [1.807, 2.05) is 45.0 Å². The Hall–Kier alpha value is -2.60. The number of aryl methyl sites for hydroxylation is 3. The van der Waals surface area contributed by atoms with Crippen molar-refractivity contribution in [2.75, 3.05) is 24.5 Å². The van der Waals surface area contributed by atoms with Gasteiger partial charge in [0.05, 0.1) is 11.3 Å². The Bertz CT molecular complexity index is 1080. The summed E-state index contributed by atoms with van der Waals surface area (Å²) in [5.41, 5.74) is 2.74. The van der Waals surface area contributed by atoms with Crippen molar-refractivity contribution in [3.05, 3.63) is 52.0 Å². The van der Waals surface area contributed by atoms with Crippen LogP contribution >= 0.6 is 11.6 Å². The predicted molar refractivity (Wildman–Crippen MR) is 119 cm³/mol. The lowest BCUT2D eigenvalue weighted by molar-refractivity contribution is -0.125. The normalized spacial score (nSPS) is 16.8. The number of aromatic nitrogens is 2. The Labute approximate surface area is 181 Å². The first kappa shape index (κ1) is 20.7. The smallest absolute Gasteiger partial charge is 0.231 e. The predicted octanol–water partition coefficient (Wildman–Crippen LogP) is 4.38. The molecule has 1 saturated heterocycles. The molecule has 158 valence electrons. The maximum Gasteiger partial charge on any atom is 0.231 e. The molecule has 1 aromatic carbocycles. The number of anilines is 1. The lowest BCUT2D eigenvalue weighted by atomic mass is 9.96. The summed E-state index contributed by atoms with van der Waals surface area (Å²) >= 11 is 6.21. The monoisotopic (exact) mass is 426 g/mol. The number of carbonyl (C=O) groups is 1. The molecule has 0 aliphatic carbocycles. The molecule has 1 aliphatic rings. The summed E-state index contributed by atoms with van der Waals surface area (Å²) in [6.07, 6.45) is 2.55. The fourth-order valence-electron chi connectivity index (χ4n) is 4.11. The van der Waals surface area contributed by atoms with Gasteiger partial charge >= 0.3 is 0 Å². The molecule has 0 radical (unpaired) electrons. The second-order valence-corrected chi connectivity index (χ2v) is 8.38. The van der Waals surface area contributed by atoms with Crippen LogP contribution < -0.4 is 10.2 Å². The molecular weight excluding hydrogens is 400 g/mol. The van der Waals surface area contributed by atoms with Gasteiger partial charge in [-0.2, -0.15) is 4.98 Å². The zero-order valence-corrected chi connectivity index (χ0v) is 18.4. The van der Waals surface area contributed by atoms with Crippen molar-refractivity contribution in [3.63, 3.8) is 0 Å². The molecule has 3 aromatic rings. The minimum atomic E-state index is -0.0661. The summed E-state index contributed by atoms with van der Waals surface area (Å²) in [6.45, 7) is 7.95. The number of amides is 1. The third kappa shape index (κ3) is 4.15. The summed E-state index contributed by atoms with van der Waals surface area (Å²) in [5, 5.41) is 4.79. The van der Waals surface area contributed by atoms with Gasteiger partial charge in [-0.15, -0.1) is 0 Å². The number of fused-ring (bicyclic) bond motifs is 1. The largest absolute Gasteiger partial charge is 0.443 e. The summed E-state index contributed by atoms with van der Waals surface area (Å²) < 4.78 is 5.82. The molecule has 0 bridgehead atoms. The maximum absolute atomic E-state index is 12.8. The van der Waals surface area contributed by atoms with E-state index < -0.39 is 0 Å². The van der Waals surface area contributed by atoms with Gasteiger partial charge in [0.25, 0.3) is 0 Å². The van der Waals surface area contributed by atoms with E-state index in [-0.39, 0.29) is 11.8 Å². The summed E-state index contributed by atoms with van der Waals surface area (Å²) in [6, 6.07) is 7.75. The fourth-order valence-corrected chi connectivity index (χ4v) is 4.34. The second kappa shape index (κ2) is 8.64. The Kier molecular flexibility index (Phi) is 5.95. The summed E-state index contributed by atoms with van der Waals surface area (Å²) in [5.74, 6) is 2.44. The van der Waals surface area contributed by atoms with Crippen molar-refractivity contribution in [1.29, 1.82) is 0 Å². The van der Waals surface area contributed by atoms with Gasteiger partial charge in [-0.25, -0.2) is 4.98 Å². The number of rotatable bonds is 5. The molecule has 3 heterocycles. The number of halogens is 1. The van der Waals surface area contributed by atoms with Crippen LogP contribution in [0.4, 0.5) is 5.82 Å². The van der Waals surface area contributed by atoms with Crippen molar-refractivity contribution in [2.45, 2.75) is 40.0 Å². The topological polar surface area (TPSA) is 71.3 Å². The first-order chi connectivity index (χ1) is 14.4. The van der Waals surface area contributed by atoms with E-state index in [2.05, 4.69) is 15.2 Å². The van der Waals surface area contributed by atoms with Crippen LogP contribution in [0.1, 0.15) is 35.6 Å². The average molecular weight is 427 g/mol. The maximum atomic E-state index is 12.8. The lowest BCUT2D eigenvalue weighted by Gasteiger charge is -2.33. The minimum Gasteiger partial charge on any atom is -0.443 e. The molecule has 0 spiro atoms. The van der Waals surface area contributed by atoms with Gasteiger partial charge in [-0.1, -0.05) is 29.8 Å². The van der Waals surface area contributed by atoms with Crippen LogP contribution in [-0.2, 0) is 11.2 Å². The molecule has 0 saturated carbocycles. The van der Waals surface area contributed by atoms with E-state index in [0.29, 0.717) is 24.6 Å². The molecule has 1 amide bonds. The third-order valence-corrected chi connectivity index (χ3v) is 6.23. The van der Waals surface area contributed by atoms with Crippen LogP contribution in [0.2, 0.25) is 5.02 Å². The van der Waals surface area contributed by atoms with Crippen molar-refractivity contribution >= 4 is 34.4 Å². The SMILES string of the molecule is Cc1nc(N2CCC[C@H](C(=O)NCCc3ccccc3Cl)C2)c2c(C)c(C)oc2n1. The van der Waals surface area contributed by atoms with Crippen LogP contribution in [0.25, 0.3) is 11.1 Å². The van der Waals surface area contributed by atoms with E-state index in [9.17, 15) is 4.79 Å². The molecule has 1 fully saturated rings. The number of hydrogen-bond acceptors (Lipinski definition) is 5. The Morgan fingerprint density at radius 1 is 1.27 bits per heavy atom. The molecular formula is C23H27ClN4O2. The summed E-state index contributed by atoms with van der Waals surface area (Å²) in [7, 11) is 0. The molecule has 1 N–H and O–H groups in total. The first-order valence-corrected chi connectivity index (χ1v) is 10.8. The minimum absolute atomic E-state index is 0.0661. The molecule has 4 rings (SSSR count). The second-order valence-electron chi connectivity index (χ2n) is 7.98. The number of furan rings is 1. The highest BCUT2D eigenvalue weighted by Gasteiger charge is 2.29.